The van der Waals surface area contributed by atoms with Crippen molar-refractivity contribution in [2.45, 2.75) is 6.42 Å². The van der Waals surface area contributed by atoms with Crippen LogP contribution < -0.4 is 5.73 Å². The molecule has 0 fully saturated rings. The van der Waals surface area contributed by atoms with E-state index >= 15 is 0 Å². The number of amides is 1. The fraction of sp³-hybridized carbons (Fsp3) is 0.0769. The molecule has 2 aromatic rings. The molecule has 3 heteroatoms. The highest BCUT2D eigenvalue weighted by Crippen LogP contribution is 2.22. The third-order valence-electron chi connectivity index (χ3n) is 2.50. The monoisotopic (exact) mass is 210 g/mol. The van der Waals surface area contributed by atoms with E-state index in [1.165, 1.54) is 0 Å². The van der Waals surface area contributed by atoms with Gasteiger partial charge in [0.05, 0.1) is 18.1 Å². The van der Waals surface area contributed by atoms with Crippen molar-refractivity contribution >= 4 is 16.7 Å². The third-order valence-corrected chi connectivity index (χ3v) is 2.50. The fourth-order valence-corrected chi connectivity index (χ4v) is 1.80. The summed E-state index contributed by atoms with van der Waals surface area (Å²) < 4.78 is 0. The topological polar surface area (TPSA) is 66.9 Å². The summed E-state index contributed by atoms with van der Waals surface area (Å²) in [5, 5.41) is 10.7. The number of nitriles is 1. The number of rotatable bonds is 2. The van der Waals surface area contributed by atoms with Gasteiger partial charge in [-0.05, 0) is 22.4 Å². The lowest BCUT2D eigenvalue weighted by Gasteiger charge is -2.05. The van der Waals surface area contributed by atoms with Gasteiger partial charge in [0.15, 0.2) is 0 Å². The average molecular weight is 210 g/mol. The predicted molar refractivity (Wildman–Crippen MR) is 61.6 cm³/mol. The maximum absolute atomic E-state index is 10.9. The number of hydrogen-bond acceptors (Lipinski definition) is 2. The molecule has 0 heterocycles. The maximum Gasteiger partial charge on any atom is 0.221 e. The number of benzene rings is 2. The van der Waals surface area contributed by atoms with E-state index in [9.17, 15) is 4.79 Å². The van der Waals surface area contributed by atoms with E-state index < -0.39 is 0 Å². The summed E-state index contributed by atoms with van der Waals surface area (Å²) in [4.78, 5) is 10.9. The summed E-state index contributed by atoms with van der Waals surface area (Å²) in [7, 11) is 0. The second-order valence-corrected chi connectivity index (χ2v) is 3.57. The summed E-state index contributed by atoms with van der Waals surface area (Å²) >= 11 is 0. The van der Waals surface area contributed by atoms with E-state index in [0.29, 0.717) is 5.56 Å². The Kier molecular flexibility index (Phi) is 2.57. The Labute approximate surface area is 93.1 Å². The lowest BCUT2D eigenvalue weighted by molar-refractivity contribution is -0.117. The third kappa shape index (κ3) is 1.73. The van der Waals surface area contributed by atoms with Crippen LogP contribution in [0.4, 0.5) is 0 Å². The maximum atomic E-state index is 10.9. The molecule has 0 saturated carbocycles. The number of hydrogen-bond donors (Lipinski definition) is 1. The molecule has 0 spiro atoms. The highest BCUT2D eigenvalue weighted by molar-refractivity contribution is 5.93. The highest BCUT2D eigenvalue weighted by Gasteiger charge is 2.06. The van der Waals surface area contributed by atoms with Crippen LogP contribution in [0.2, 0.25) is 0 Å². The zero-order chi connectivity index (χ0) is 11.5. The first-order valence-corrected chi connectivity index (χ1v) is 4.91. The molecule has 0 aliphatic rings. The molecule has 2 rings (SSSR count). The molecule has 0 bridgehead atoms. The minimum Gasteiger partial charge on any atom is -0.369 e. The summed E-state index contributed by atoms with van der Waals surface area (Å²) in [6, 6.07) is 13.2. The van der Waals surface area contributed by atoms with Crippen molar-refractivity contribution in [2.24, 2.45) is 5.73 Å². The van der Waals surface area contributed by atoms with Crippen molar-refractivity contribution in [3.63, 3.8) is 0 Å². The molecule has 0 radical (unpaired) electrons. The predicted octanol–water partition coefficient (Wildman–Crippen LogP) is 1.74. The number of carbonyl (C=O) groups is 1. The fourth-order valence-electron chi connectivity index (χ4n) is 1.80. The largest absolute Gasteiger partial charge is 0.369 e. The molecule has 2 aromatic carbocycles. The molecular weight excluding hydrogens is 200 g/mol. The van der Waals surface area contributed by atoms with E-state index in [1.807, 2.05) is 24.3 Å². The first-order valence-electron chi connectivity index (χ1n) is 4.91. The zero-order valence-corrected chi connectivity index (χ0v) is 8.60. The Morgan fingerprint density at radius 2 is 1.88 bits per heavy atom. The van der Waals surface area contributed by atoms with Crippen molar-refractivity contribution in [2.75, 3.05) is 0 Å². The van der Waals surface area contributed by atoms with Gasteiger partial charge in [0.1, 0.15) is 0 Å². The summed E-state index contributed by atoms with van der Waals surface area (Å²) in [6.07, 6.45) is 0.201. The Morgan fingerprint density at radius 3 is 2.50 bits per heavy atom. The Morgan fingerprint density at radius 1 is 1.19 bits per heavy atom. The number of primary amides is 1. The molecular formula is C13H10N2O. The van der Waals surface area contributed by atoms with Gasteiger partial charge in [0.2, 0.25) is 5.91 Å². The van der Waals surface area contributed by atoms with Gasteiger partial charge in [-0.3, -0.25) is 4.79 Å². The molecule has 0 aromatic heterocycles. The van der Waals surface area contributed by atoms with Crippen LogP contribution in [-0.2, 0) is 11.2 Å². The van der Waals surface area contributed by atoms with Gasteiger partial charge in [0.25, 0.3) is 0 Å². The lowest BCUT2D eigenvalue weighted by Crippen LogP contribution is -2.13. The van der Waals surface area contributed by atoms with Crippen LogP contribution in [0.15, 0.2) is 36.4 Å². The van der Waals surface area contributed by atoms with Crippen LogP contribution in [0.3, 0.4) is 0 Å². The molecule has 0 unspecified atom stereocenters. The van der Waals surface area contributed by atoms with Crippen LogP contribution in [0.25, 0.3) is 10.8 Å². The van der Waals surface area contributed by atoms with Crippen molar-refractivity contribution in [1.82, 2.24) is 0 Å². The highest BCUT2D eigenvalue weighted by atomic mass is 16.1. The van der Waals surface area contributed by atoms with Crippen molar-refractivity contribution < 1.29 is 4.79 Å². The molecule has 78 valence electrons. The van der Waals surface area contributed by atoms with Crippen LogP contribution in [0.5, 0.6) is 0 Å². The zero-order valence-electron chi connectivity index (χ0n) is 8.60. The van der Waals surface area contributed by atoms with Crippen LogP contribution in [0, 0.1) is 11.3 Å². The van der Waals surface area contributed by atoms with Gasteiger partial charge < -0.3 is 5.73 Å². The molecule has 0 aliphatic carbocycles. The van der Waals surface area contributed by atoms with E-state index in [2.05, 4.69) is 6.07 Å². The van der Waals surface area contributed by atoms with Gasteiger partial charge in [-0.15, -0.1) is 0 Å². The van der Waals surface area contributed by atoms with Crippen molar-refractivity contribution in [1.29, 1.82) is 5.26 Å². The minimum atomic E-state index is -0.366. The first-order chi connectivity index (χ1) is 7.72. The first kappa shape index (κ1) is 10.2. The standard InChI is InChI=1S/C13H10N2O/c14-8-10-6-5-9(7-13(15)16)11-3-1-2-4-12(10)11/h1-6H,7H2,(H2,15,16). The second-order valence-electron chi connectivity index (χ2n) is 3.57. The van der Waals surface area contributed by atoms with Gasteiger partial charge in [-0.25, -0.2) is 0 Å². The minimum absolute atomic E-state index is 0.201. The van der Waals surface area contributed by atoms with Crippen molar-refractivity contribution in [3.8, 4) is 6.07 Å². The Hall–Kier alpha value is -2.34. The quantitative estimate of drug-likeness (QED) is 0.820. The number of nitrogens with zero attached hydrogens (tertiary/aromatic N) is 1. The lowest BCUT2D eigenvalue weighted by atomic mass is 9.98. The van der Waals surface area contributed by atoms with Crippen molar-refractivity contribution in [3.05, 3.63) is 47.5 Å². The normalized spacial score (nSPS) is 9.94. The molecule has 2 N–H and O–H groups in total. The van der Waals surface area contributed by atoms with E-state index in [4.69, 9.17) is 11.0 Å². The SMILES string of the molecule is N#Cc1ccc(CC(N)=O)c2ccccc12. The van der Waals surface area contributed by atoms with Gasteiger partial charge in [0, 0.05) is 0 Å². The van der Waals surface area contributed by atoms with Gasteiger partial charge in [-0.2, -0.15) is 5.26 Å². The van der Waals surface area contributed by atoms with E-state index in [0.717, 1.165) is 16.3 Å². The van der Waals surface area contributed by atoms with Gasteiger partial charge >= 0.3 is 0 Å². The molecule has 16 heavy (non-hydrogen) atoms. The smallest absolute Gasteiger partial charge is 0.221 e. The molecule has 0 atom stereocenters. The van der Waals surface area contributed by atoms with Crippen LogP contribution in [0.1, 0.15) is 11.1 Å². The van der Waals surface area contributed by atoms with E-state index in [-0.39, 0.29) is 12.3 Å². The Bertz CT molecular complexity index is 596. The van der Waals surface area contributed by atoms with Crippen LogP contribution in [-0.4, -0.2) is 5.91 Å². The number of fused-ring (bicyclic) bond motifs is 1. The number of nitrogens with two attached hydrogens (primary N) is 1. The summed E-state index contributed by atoms with van der Waals surface area (Å²) in [5.41, 5.74) is 6.66. The molecule has 1 amide bonds. The van der Waals surface area contributed by atoms with E-state index in [1.54, 1.807) is 12.1 Å². The molecule has 3 nitrogen and oxygen atoms in total. The summed E-state index contributed by atoms with van der Waals surface area (Å²) in [5.74, 6) is -0.366. The molecule has 0 aliphatic heterocycles. The van der Waals surface area contributed by atoms with Gasteiger partial charge in [-0.1, -0.05) is 30.3 Å². The average Bonchev–Trinajstić information content (AvgIpc) is 2.29. The van der Waals surface area contributed by atoms with Crippen LogP contribution >= 0.6 is 0 Å². The summed E-state index contributed by atoms with van der Waals surface area (Å²) in [6.45, 7) is 0. The Balaban J connectivity index is 2.70. The second kappa shape index (κ2) is 4.03. The molecule has 0 saturated heterocycles. The number of carbonyl (C=O) groups excluding carboxylic acids is 1.